The Hall–Kier alpha value is -3.40. The van der Waals surface area contributed by atoms with Crippen LogP contribution in [0.1, 0.15) is 25.8 Å². The number of rotatable bonds is 9. The fourth-order valence-corrected chi connectivity index (χ4v) is 2.99. The predicted molar refractivity (Wildman–Crippen MR) is 125 cm³/mol. The second-order valence-electron chi connectivity index (χ2n) is 6.72. The highest BCUT2D eigenvalue weighted by molar-refractivity contribution is 9.10. The minimum atomic E-state index is -0.864. The minimum Gasteiger partial charge on any atom is -0.493 e. The van der Waals surface area contributed by atoms with E-state index in [1.165, 1.54) is 13.3 Å². The number of halogens is 1. The number of carbonyl (C=O) groups is 3. The number of nitrogens with zero attached hydrogens (tertiary/aromatic N) is 1. The zero-order valence-electron chi connectivity index (χ0n) is 18.0. The number of carbonyl (C=O) groups excluding carboxylic acids is 3. The lowest BCUT2D eigenvalue weighted by molar-refractivity contribution is -0.139. The zero-order valence-corrected chi connectivity index (χ0v) is 19.6. The van der Waals surface area contributed by atoms with Gasteiger partial charge in [0.05, 0.1) is 17.8 Å². The smallest absolute Gasteiger partial charge is 0.329 e. The van der Waals surface area contributed by atoms with Gasteiger partial charge in [0, 0.05) is 11.7 Å². The summed E-state index contributed by atoms with van der Waals surface area (Å²) in [5, 5.41) is 9.08. The number of hydrogen-bond donors (Lipinski definition) is 3. The third kappa shape index (κ3) is 7.69. The van der Waals surface area contributed by atoms with Gasteiger partial charge in [-0.1, -0.05) is 25.1 Å². The molecule has 3 amide bonds. The second kappa shape index (κ2) is 12.5. The van der Waals surface area contributed by atoms with Crippen LogP contribution in [0.15, 0.2) is 52.0 Å². The molecule has 2 aromatic rings. The number of amides is 3. The first kappa shape index (κ1) is 24.9. The maximum absolute atomic E-state index is 12.1. The van der Waals surface area contributed by atoms with Gasteiger partial charge in [0.25, 0.3) is 5.91 Å². The molecule has 10 heteroatoms. The van der Waals surface area contributed by atoms with Crippen molar-refractivity contribution < 1.29 is 23.9 Å². The third-order valence-corrected chi connectivity index (χ3v) is 4.82. The molecule has 0 unspecified atom stereocenters. The quantitative estimate of drug-likeness (QED) is 0.275. The normalized spacial score (nSPS) is 11.5. The molecule has 0 aliphatic rings. The van der Waals surface area contributed by atoms with Crippen molar-refractivity contribution in [2.75, 3.05) is 19.0 Å². The van der Waals surface area contributed by atoms with Gasteiger partial charge in [-0.3, -0.25) is 14.4 Å². The van der Waals surface area contributed by atoms with Crippen LogP contribution in [-0.2, 0) is 14.4 Å². The van der Waals surface area contributed by atoms with Gasteiger partial charge in [0.1, 0.15) is 0 Å². The lowest BCUT2D eigenvalue weighted by Gasteiger charge is -2.13. The molecule has 0 saturated heterocycles. The molecule has 170 valence electrons. The number of nitrogens with one attached hydrogen (secondary N) is 3. The molecule has 0 bridgehead atoms. The first-order valence-electron chi connectivity index (χ1n) is 9.83. The Labute approximate surface area is 194 Å². The standard InChI is InChI=1S/C22H25BrN4O5/c1-4-14(2)25-21(29)22(30)27-24-12-15-10-17(23)20(18(11-15)31-3)32-13-19(28)26-16-8-6-5-7-9-16/h5-12,14H,4,13H2,1-3H3,(H,25,29)(H,26,28)(H,27,30)/b24-12-/t14-/m0/s1. The van der Waals surface area contributed by atoms with Crippen molar-refractivity contribution >= 4 is 45.6 Å². The molecule has 0 aliphatic heterocycles. The maximum atomic E-state index is 12.1. The molecule has 0 saturated carbocycles. The highest BCUT2D eigenvalue weighted by atomic mass is 79.9. The lowest BCUT2D eigenvalue weighted by Crippen LogP contribution is -2.41. The highest BCUT2D eigenvalue weighted by Crippen LogP contribution is 2.36. The Kier molecular flexibility index (Phi) is 9.68. The van der Waals surface area contributed by atoms with Crippen LogP contribution in [0.5, 0.6) is 11.5 Å². The van der Waals surface area contributed by atoms with Gasteiger partial charge in [-0.15, -0.1) is 0 Å². The fraction of sp³-hybridized carbons (Fsp3) is 0.273. The predicted octanol–water partition coefficient (Wildman–Crippen LogP) is 2.84. The summed E-state index contributed by atoms with van der Waals surface area (Å²) in [4.78, 5) is 35.6. The summed E-state index contributed by atoms with van der Waals surface area (Å²) in [5.74, 6) is -1.25. The third-order valence-electron chi connectivity index (χ3n) is 4.23. The molecule has 32 heavy (non-hydrogen) atoms. The lowest BCUT2D eigenvalue weighted by atomic mass is 10.2. The summed E-state index contributed by atoms with van der Waals surface area (Å²) in [6.07, 6.45) is 2.06. The van der Waals surface area contributed by atoms with Gasteiger partial charge in [0.15, 0.2) is 18.1 Å². The summed E-state index contributed by atoms with van der Waals surface area (Å²) < 4.78 is 11.5. The van der Waals surface area contributed by atoms with E-state index in [9.17, 15) is 14.4 Å². The number of hydrogen-bond acceptors (Lipinski definition) is 6. The first-order chi connectivity index (χ1) is 15.3. The number of ether oxygens (including phenoxy) is 2. The monoisotopic (exact) mass is 504 g/mol. The van der Waals surface area contributed by atoms with Crippen LogP contribution in [0.25, 0.3) is 0 Å². The van der Waals surface area contributed by atoms with Gasteiger partial charge in [0.2, 0.25) is 0 Å². The molecule has 2 aromatic carbocycles. The van der Waals surface area contributed by atoms with Gasteiger partial charge in [-0.25, -0.2) is 5.43 Å². The molecule has 9 nitrogen and oxygen atoms in total. The summed E-state index contributed by atoms with van der Waals surface area (Å²) in [7, 11) is 1.46. The molecule has 0 spiro atoms. The van der Waals surface area contributed by atoms with E-state index in [2.05, 4.69) is 37.1 Å². The fourth-order valence-electron chi connectivity index (χ4n) is 2.42. The average Bonchev–Trinajstić information content (AvgIpc) is 2.78. The Balaban J connectivity index is 1.98. The van der Waals surface area contributed by atoms with Crippen molar-refractivity contribution in [3.8, 4) is 11.5 Å². The SMILES string of the molecule is CC[C@H](C)NC(=O)C(=O)N/N=C\c1cc(Br)c(OCC(=O)Nc2ccccc2)c(OC)c1. The van der Waals surface area contributed by atoms with E-state index in [0.717, 1.165) is 0 Å². The molecule has 1 atom stereocenters. The van der Waals surface area contributed by atoms with Gasteiger partial charge >= 0.3 is 11.8 Å². The van der Waals surface area contributed by atoms with Crippen molar-refractivity contribution in [3.63, 3.8) is 0 Å². The van der Waals surface area contributed by atoms with Crippen LogP contribution < -0.4 is 25.5 Å². The van der Waals surface area contributed by atoms with Crippen molar-refractivity contribution in [2.45, 2.75) is 26.3 Å². The van der Waals surface area contributed by atoms with Crippen LogP contribution in [0, 0.1) is 0 Å². The molecular weight excluding hydrogens is 480 g/mol. The molecular formula is C22H25BrN4O5. The molecule has 0 radical (unpaired) electrons. The van der Waals surface area contributed by atoms with E-state index in [-0.39, 0.29) is 18.6 Å². The largest absolute Gasteiger partial charge is 0.493 e. The second-order valence-corrected chi connectivity index (χ2v) is 7.57. The van der Waals surface area contributed by atoms with E-state index in [0.29, 0.717) is 33.6 Å². The average molecular weight is 505 g/mol. The molecule has 0 aromatic heterocycles. The van der Waals surface area contributed by atoms with E-state index in [4.69, 9.17) is 9.47 Å². The Morgan fingerprint density at radius 3 is 2.53 bits per heavy atom. The van der Waals surface area contributed by atoms with Crippen molar-refractivity contribution in [1.82, 2.24) is 10.7 Å². The van der Waals surface area contributed by atoms with Gasteiger partial charge in [-0.05, 0) is 59.1 Å². The molecule has 3 N–H and O–H groups in total. The number of para-hydroxylation sites is 1. The van der Waals surface area contributed by atoms with Gasteiger partial charge in [-0.2, -0.15) is 5.10 Å². The number of benzene rings is 2. The van der Waals surface area contributed by atoms with Crippen molar-refractivity contribution in [2.24, 2.45) is 5.10 Å². The Bertz CT molecular complexity index is 982. The van der Waals surface area contributed by atoms with Crippen molar-refractivity contribution in [3.05, 3.63) is 52.5 Å². The van der Waals surface area contributed by atoms with Gasteiger partial charge < -0.3 is 20.1 Å². The summed E-state index contributed by atoms with van der Waals surface area (Å²) in [5.41, 5.74) is 3.41. The van der Waals surface area contributed by atoms with E-state index in [1.54, 1.807) is 31.2 Å². The van der Waals surface area contributed by atoms with Crippen molar-refractivity contribution in [1.29, 1.82) is 0 Å². The number of methoxy groups -OCH3 is 1. The van der Waals surface area contributed by atoms with Crippen LogP contribution in [0.2, 0.25) is 0 Å². The molecule has 0 fully saturated rings. The summed E-state index contributed by atoms with van der Waals surface area (Å²) >= 11 is 3.39. The molecule has 0 aliphatic carbocycles. The maximum Gasteiger partial charge on any atom is 0.329 e. The minimum absolute atomic E-state index is 0.111. The number of hydrazone groups is 1. The van der Waals surface area contributed by atoms with E-state index < -0.39 is 11.8 Å². The summed E-state index contributed by atoms with van der Waals surface area (Å²) in [6.45, 7) is 3.47. The van der Waals surface area contributed by atoms with Crippen LogP contribution >= 0.6 is 15.9 Å². The first-order valence-corrected chi connectivity index (χ1v) is 10.6. The van der Waals surface area contributed by atoms with Crippen LogP contribution in [0.3, 0.4) is 0 Å². The summed E-state index contributed by atoms with van der Waals surface area (Å²) in [6, 6.07) is 12.2. The Morgan fingerprint density at radius 1 is 1.16 bits per heavy atom. The Morgan fingerprint density at radius 2 is 1.88 bits per heavy atom. The van der Waals surface area contributed by atoms with Crippen LogP contribution in [0.4, 0.5) is 5.69 Å². The molecule has 2 rings (SSSR count). The van der Waals surface area contributed by atoms with E-state index >= 15 is 0 Å². The topological polar surface area (TPSA) is 118 Å². The number of anilines is 1. The highest BCUT2D eigenvalue weighted by Gasteiger charge is 2.15. The van der Waals surface area contributed by atoms with E-state index in [1.807, 2.05) is 25.1 Å². The molecule has 0 heterocycles. The van der Waals surface area contributed by atoms with Crippen LogP contribution in [-0.4, -0.2) is 43.7 Å². The zero-order chi connectivity index (χ0) is 23.5.